The van der Waals surface area contributed by atoms with Gasteiger partial charge in [0, 0.05) is 25.2 Å². The fourth-order valence-electron chi connectivity index (χ4n) is 2.78. The second-order valence-electron chi connectivity index (χ2n) is 5.81. The van der Waals surface area contributed by atoms with Crippen molar-refractivity contribution in [2.45, 2.75) is 37.9 Å². The van der Waals surface area contributed by atoms with Crippen LogP contribution in [0.5, 0.6) is 0 Å². The highest BCUT2D eigenvalue weighted by Crippen LogP contribution is 2.35. The second-order valence-corrected chi connectivity index (χ2v) is 5.81. The first-order chi connectivity index (χ1) is 9.65. The van der Waals surface area contributed by atoms with E-state index in [0.717, 1.165) is 12.3 Å². The number of nitrogens with one attached hydrogen (secondary N) is 2. The topological polar surface area (TPSA) is 44.4 Å². The van der Waals surface area contributed by atoms with Gasteiger partial charge in [0.1, 0.15) is 11.9 Å². The molecule has 3 rings (SSSR count). The Hall–Kier alpha value is -1.46. The Balaban J connectivity index is 1.58. The minimum atomic E-state index is -0.263. The van der Waals surface area contributed by atoms with E-state index in [2.05, 4.69) is 10.9 Å². The van der Waals surface area contributed by atoms with Gasteiger partial charge in [-0.05, 0) is 31.2 Å². The molecule has 1 aromatic rings. The molecule has 2 unspecified atom stereocenters. The summed E-state index contributed by atoms with van der Waals surface area (Å²) in [6.07, 6.45) is 3.34. The van der Waals surface area contributed by atoms with E-state index in [-0.39, 0.29) is 17.8 Å². The van der Waals surface area contributed by atoms with Gasteiger partial charge >= 0.3 is 0 Å². The molecule has 0 spiro atoms. The highest BCUT2D eigenvalue weighted by molar-refractivity contribution is 5.82. The second kappa shape index (κ2) is 5.50. The number of rotatable bonds is 4. The molecule has 1 aliphatic heterocycles. The predicted octanol–water partition coefficient (Wildman–Crippen LogP) is 1.43. The molecule has 108 valence electrons. The lowest BCUT2D eigenvalue weighted by molar-refractivity contribution is -0.132. The number of nitrogens with zero attached hydrogens (tertiary/aromatic N) is 1. The van der Waals surface area contributed by atoms with Gasteiger partial charge in [-0.25, -0.2) is 9.82 Å². The summed E-state index contributed by atoms with van der Waals surface area (Å²) in [4.78, 5) is 13.9. The van der Waals surface area contributed by atoms with E-state index in [9.17, 15) is 9.18 Å². The van der Waals surface area contributed by atoms with Gasteiger partial charge in [-0.3, -0.25) is 10.2 Å². The molecule has 1 saturated carbocycles. The van der Waals surface area contributed by atoms with Crippen LogP contribution < -0.4 is 10.9 Å². The highest BCUT2D eigenvalue weighted by atomic mass is 19.1. The maximum atomic E-state index is 13.6. The summed E-state index contributed by atoms with van der Waals surface area (Å²) in [6.45, 7) is 0.303. The summed E-state index contributed by atoms with van der Waals surface area (Å²) < 4.78 is 13.6. The first-order valence-electron chi connectivity index (χ1n) is 7.14. The summed E-state index contributed by atoms with van der Waals surface area (Å²) in [5.41, 5.74) is 6.83. The van der Waals surface area contributed by atoms with Crippen LogP contribution in [0.1, 0.15) is 24.8 Å². The zero-order chi connectivity index (χ0) is 14.1. The molecular formula is C15H20FN3O. The van der Waals surface area contributed by atoms with E-state index in [1.807, 2.05) is 0 Å². The predicted molar refractivity (Wildman–Crippen MR) is 74.1 cm³/mol. The van der Waals surface area contributed by atoms with Gasteiger partial charge in [-0.2, -0.15) is 0 Å². The van der Waals surface area contributed by atoms with Gasteiger partial charge in [0.05, 0.1) is 0 Å². The Morgan fingerprint density at radius 1 is 1.35 bits per heavy atom. The number of carbonyl (C=O) groups is 1. The standard InChI is InChI=1S/C15H20FN3O/c1-19(9-11-4-2-3-5-12(11)16)15(20)14-8-13(17-18-14)10-6-7-10/h2-5,10,13-14,17-18H,6-9H2,1H3. The van der Waals surface area contributed by atoms with Crippen LogP contribution in [0.25, 0.3) is 0 Å². The molecule has 0 aromatic heterocycles. The lowest BCUT2D eigenvalue weighted by atomic mass is 10.1. The molecule has 0 radical (unpaired) electrons. The van der Waals surface area contributed by atoms with Gasteiger partial charge in [-0.1, -0.05) is 18.2 Å². The molecular weight excluding hydrogens is 257 g/mol. The summed E-state index contributed by atoms with van der Waals surface area (Å²) in [5, 5.41) is 0. The van der Waals surface area contributed by atoms with Crippen LogP contribution in [-0.2, 0) is 11.3 Å². The van der Waals surface area contributed by atoms with Gasteiger partial charge in [0.25, 0.3) is 0 Å². The van der Waals surface area contributed by atoms with E-state index in [4.69, 9.17) is 0 Å². The molecule has 2 aliphatic rings. The van der Waals surface area contributed by atoms with Crippen molar-refractivity contribution in [1.29, 1.82) is 0 Å². The quantitative estimate of drug-likeness (QED) is 0.875. The van der Waals surface area contributed by atoms with E-state index >= 15 is 0 Å². The van der Waals surface area contributed by atoms with Crippen molar-refractivity contribution < 1.29 is 9.18 Å². The number of likely N-dealkylation sites (N-methyl/N-ethyl adjacent to an activating group) is 1. The van der Waals surface area contributed by atoms with Gasteiger partial charge < -0.3 is 4.90 Å². The molecule has 1 heterocycles. The average molecular weight is 277 g/mol. The van der Waals surface area contributed by atoms with Gasteiger partial charge in [-0.15, -0.1) is 0 Å². The lowest BCUT2D eigenvalue weighted by Crippen LogP contribution is -2.44. The first kappa shape index (κ1) is 13.5. The number of hydrogen-bond donors (Lipinski definition) is 2. The maximum absolute atomic E-state index is 13.6. The van der Waals surface area contributed by atoms with Crippen LogP contribution in [0.3, 0.4) is 0 Å². The van der Waals surface area contributed by atoms with Crippen molar-refractivity contribution in [3.05, 3.63) is 35.6 Å². The van der Waals surface area contributed by atoms with Crippen LogP contribution in [0, 0.1) is 11.7 Å². The zero-order valence-corrected chi connectivity index (χ0v) is 11.6. The molecule has 1 amide bonds. The van der Waals surface area contributed by atoms with Crippen molar-refractivity contribution in [3.63, 3.8) is 0 Å². The molecule has 0 bridgehead atoms. The van der Waals surface area contributed by atoms with Crippen LogP contribution >= 0.6 is 0 Å². The van der Waals surface area contributed by atoms with Gasteiger partial charge in [0.2, 0.25) is 5.91 Å². The van der Waals surface area contributed by atoms with E-state index in [1.165, 1.54) is 18.9 Å². The molecule has 4 nitrogen and oxygen atoms in total. The van der Waals surface area contributed by atoms with E-state index in [0.29, 0.717) is 18.2 Å². The summed E-state index contributed by atoms with van der Waals surface area (Å²) >= 11 is 0. The zero-order valence-electron chi connectivity index (χ0n) is 11.6. The first-order valence-corrected chi connectivity index (χ1v) is 7.14. The molecule has 1 saturated heterocycles. The molecule has 2 fully saturated rings. The number of amides is 1. The summed E-state index contributed by atoms with van der Waals surface area (Å²) in [6, 6.07) is 6.79. The van der Waals surface area contributed by atoms with Crippen molar-refractivity contribution in [1.82, 2.24) is 15.8 Å². The van der Waals surface area contributed by atoms with Crippen molar-refractivity contribution in [2.75, 3.05) is 7.05 Å². The fourth-order valence-corrected chi connectivity index (χ4v) is 2.78. The fraction of sp³-hybridized carbons (Fsp3) is 0.533. The van der Waals surface area contributed by atoms with Crippen molar-refractivity contribution in [3.8, 4) is 0 Å². The Bertz CT molecular complexity index is 504. The minimum Gasteiger partial charge on any atom is -0.340 e. The lowest BCUT2D eigenvalue weighted by Gasteiger charge is -2.21. The molecule has 20 heavy (non-hydrogen) atoms. The molecule has 5 heteroatoms. The van der Waals surface area contributed by atoms with Crippen LogP contribution in [0.15, 0.2) is 24.3 Å². The Labute approximate surface area is 118 Å². The average Bonchev–Trinajstić information content (AvgIpc) is 3.18. The summed E-state index contributed by atoms with van der Waals surface area (Å²) in [5.74, 6) is 0.474. The maximum Gasteiger partial charge on any atom is 0.241 e. The number of halogens is 1. The monoisotopic (exact) mass is 277 g/mol. The molecule has 2 atom stereocenters. The van der Waals surface area contributed by atoms with Crippen LogP contribution in [0.4, 0.5) is 4.39 Å². The SMILES string of the molecule is CN(Cc1ccccc1F)C(=O)C1CC(C2CC2)NN1. The third-order valence-corrected chi connectivity index (χ3v) is 4.16. The largest absolute Gasteiger partial charge is 0.340 e. The third kappa shape index (κ3) is 2.83. The highest BCUT2D eigenvalue weighted by Gasteiger charge is 2.39. The molecule has 1 aliphatic carbocycles. The summed E-state index contributed by atoms with van der Waals surface area (Å²) in [7, 11) is 1.72. The van der Waals surface area contributed by atoms with Crippen LogP contribution in [-0.4, -0.2) is 29.9 Å². The Kier molecular flexibility index (Phi) is 3.72. The van der Waals surface area contributed by atoms with E-state index in [1.54, 1.807) is 30.1 Å². The minimum absolute atomic E-state index is 0.0175. The van der Waals surface area contributed by atoms with Crippen molar-refractivity contribution in [2.24, 2.45) is 5.92 Å². The number of hydrazine groups is 1. The molecule has 2 N–H and O–H groups in total. The number of carbonyl (C=O) groups excluding carboxylic acids is 1. The normalized spacial score (nSPS) is 25.7. The number of benzene rings is 1. The Morgan fingerprint density at radius 2 is 2.10 bits per heavy atom. The van der Waals surface area contributed by atoms with Gasteiger partial charge in [0.15, 0.2) is 0 Å². The van der Waals surface area contributed by atoms with E-state index < -0.39 is 0 Å². The third-order valence-electron chi connectivity index (χ3n) is 4.16. The smallest absolute Gasteiger partial charge is 0.241 e. The Morgan fingerprint density at radius 3 is 2.80 bits per heavy atom. The van der Waals surface area contributed by atoms with Crippen LogP contribution in [0.2, 0.25) is 0 Å². The van der Waals surface area contributed by atoms with Crippen molar-refractivity contribution >= 4 is 5.91 Å². The molecule has 1 aromatic carbocycles. The number of hydrogen-bond acceptors (Lipinski definition) is 3.